The van der Waals surface area contributed by atoms with Crippen molar-refractivity contribution in [3.63, 3.8) is 0 Å². The normalized spacial score (nSPS) is 14.5. The van der Waals surface area contributed by atoms with Gasteiger partial charge in [-0.05, 0) is 84.6 Å². The van der Waals surface area contributed by atoms with Crippen molar-refractivity contribution < 1.29 is 41.9 Å². The number of benzene rings is 3. The lowest BCUT2D eigenvalue weighted by Crippen LogP contribution is -2.32. The highest BCUT2D eigenvalue weighted by atomic mass is 32.2. The van der Waals surface area contributed by atoms with Gasteiger partial charge < -0.3 is 14.2 Å². The minimum atomic E-state index is -4.77. The molecule has 4 rings (SSSR count). The number of carbonyl (C=O) groups excluding carboxylic acids is 2. The summed E-state index contributed by atoms with van der Waals surface area (Å²) in [7, 11) is 0. The first kappa shape index (κ1) is 32.4. The van der Waals surface area contributed by atoms with E-state index in [0.717, 1.165) is 33.9 Å². The van der Waals surface area contributed by atoms with Gasteiger partial charge in [0.1, 0.15) is 12.4 Å². The fourth-order valence-corrected chi connectivity index (χ4v) is 5.21. The van der Waals surface area contributed by atoms with E-state index in [4.69, 9.17) is 14.2 Å². The number of imide groups is 1. The van der Waals surface area contributed by atoms with Crippen LogP contribution in [0.5, 0.6) is 23.0 Å². The van der Waals surface area contributed by atoms with Crippen LogP contribution in [0.3, 0.4) is 0 Å². The van der Waals surface area contributed by atoms with Crippen molar-refractivity contribution in [1.29, 1.82) is 0 Å². The first-order valence-corrected chi connectivity index (χ1v) is 14.4. The van der Waals surface area contributed by atoms with E-state index in [1.54, 1.807) is 6.92 Å². The molecule has 0 unspecified atom stereocenters. The molecule has 3 aromatic rings. The van der Waals surface area contributed by atoms with Gasteiger partial charge >= 0.3 is 11.9 Å². The highest BCUT2D eigenvalue weighted by Gasteiger charge is 2.35. The molecule has 0 aromatic heterocycles. The summed E-state index contributed by atoms with van der Waals surface area (Å²) < 4.78 is 56.4. The summed E-state index contributed by atoms with van der Waals surface area (Å²) in [5, 5.41) is 11.0. The molecule has 1 saturated heterocycles. The van der Waals surface area contributed by atoms with Crippen molar-refractivity contribution in [2.45, 2.75) is 39.8 Å². The van der Waals surface area contributed by atoms with Crippen LogP contribution in [-0.4, -0.2) is 40.7 Å². The minimum absolute atomic E-state index is 0.00836. The summed E-state index contributed by atoms with van der Waals surface area (Å²) in [4.78, 5) is 37.5. The molecular formula is C31H29F3N2O7S. The van der Waals surface area contributed by atoms with Gasteiger partial charge in [-0.1, -0.05) is 32.0 Å². The third-order valence-electron chi connectivity index (χ3n) is 6.51. The largest absolute Gasteiger partial charge is 0.491 e. The summed E-state index contributed by atoms with van der Waals surface area (Å²) in [5.74, 6) is 0.169. The molecule has 0 radical (unpaired) electrons. The summed E-state index contributed by atoms with van der Waals surface area (Å²) in [6.07, 6.45) is -3.27. The van der Waals surface area contributed by atoms with E-state index in [-0.39, 0.29) is 42.1 Å². The number of nitro benzene ring substituents is 1. The van der Waals surface area contributed by atoms with Crippen LogP contribution in [0.4, 0.5) is 23.7 Å². The van der Waals surface area contributed by atoms with E-state index >= 15 is 0 Å². The van der Waals surface area contributed by atoms with Gasteiger partial charge in [0.2, 0.25) is 5.75 Å². The molecule has 232 valence electrons. The monoisotopic (exact) mass is 630 g/mol. The summed E-state index contributed by atoms with van der Waals surface area (Å²) in [5.41, 5.74) is 0.458. The maximum atomic E-state index is 13.1. The third-order valence-corrected chi connectivity index (χ3v) is 7.41. The van der Waals surface area contributed by atoms with Gasteiger partial charge in [0.05, 0.1) is 28.5 Å². The zero-order valence-corrected chi connectivity index (χ0v) is 25.1. The molecule has 0 bridgehead atoms. The zero-order valence-electron chi connectivity index (χ0n) is 24.3. The van der Waals surface area contributed by atoms with E-state index in [9.17, 15) is 32.9 Å². The van der Waals surface area contributed by atoms with Gasteiger partial charge in [-0.15, -0.1) is 0 Å². The second kappa shape index (κ2) is 13.4. The van der Waals surface area contributed by atoms with E-state index in [1.807, 2.05) is 39.0 Å². The Morgan fingerprint density at radius 1 is 0.977 bits per heavy atom. The Balaban J connectivity index is 1.51. The van der Waals surface area contributed by atoms with Gasteiger partial charge in [0, 0.05) is 6.07 Å². The molecule has 3 aromatic carbocycles. The fourth-order valence-electron chi connectivity index (χ4n) is 4.34. The standard InChI is InChI=1S/C31H29F3N2O7S/c1-5-41-27-15-20(7-10-25(27)43-24-11-8-21(31(32,33)34)17-23(24)36(39)40)16-28-29(37)35(30(38)44-28)12-13-42-26-14-19(4)6-9-22(26)18(2)3/h6-11,14-18H,5,12-13H2,1-4H3/b28-16-. The van der Waals surface area contributed by atoms with Crippen molar-refractivity contribution in [3.05, 3.63) is 91.9 Å². The SMILES string of the molecule is CCOc1cc(/C=C2\SC(=O)N(CCOc3cc(C)ccc3C(C)C)C2=O)ccc1Oc1ccc(C(F)(F)F)cc1[N+](=O)[O-]. The lowest BCUT2D eigenvalue weighted by atomic mass is 10.0. The van der Waals surface area contributed by atoms with Crippen molar-refractivity contribution in [3.8, 4) is 23.0 Å². The van der Waals surface area contributed by atoms with Crippen molar-refractivity contribution in [1.82, 2.24) is 4.90 Å². The fraction of sp³-hybridized carbons (Fsp3) is 0.290. The second-order valence-corrected chi connectivity index (χ2v) is 11.0. The molecule has 1 fully saturated rings. The topological polar surface area (TPSA) is 108 Å². The van der Waals surface area contributed by atoms with Gasteiger partial charge in [-0.3, -0.25) is 24.6 Å². The van der Waals surface area contributed by atoms with Crippen molar-refractivity contribution in [2.75, 3.05) is 19.8 Å². The van der Waals surface area contributed by atoms with Gasteiger partial charge in [0.25, 0.3) is 11.1 Å². The number of hydrogen-bond acceptors (Lipinski definition) is 8. The Morgan fingerprint density at radius 3 is 2.36 bits per heavy atom. The number of thioether (sulfide) groups is 1. The van der Waals surface area contributed by atoms with E-state index in [1.165, 1.54) is 24.3 Å². The molecule has 0 atom stereocenters. The first-order chi connectivity index (χ1) is 20.8. The summed E-state index contributed by atoms with van der Waals surface area (Å²) in [6.45, 7) is 8.07. The van der Waals surface area contributed by atoms with Gasteiger partial charge in [-0.2, -0.15) is 13.2 Å². The predicted molar refractivity (Wildman–Crippen MR) is 159 cm³/mol. The van der Waals surface area contributed by atoms with Crippen molar-refractivity contribution >= 4 is 34.7 Å². The van der Waals surface area contributed by atoms with E-state index in [0.29, 0.717) is 23.4 Å². The minimum Gasteiger partial charge on any atom is -0.491 e. The molecule has 0 saturated carbocycles. The number of carbonyl (C=O) groups is 2. The van der Waals surface area contributed by atoms with Crippen LogP contribution in [0, 0.1) is 17.0 Å². The van der Waals surface area contributed by atoms with Crippen LogP contribution in [0.25, 0.3) is 6.08 Å². The number of ether oxygens (including phenoxy) is 3. The Labute approximate surface area is 255 Å². The molecule has 0 N–H and O–H groups in total. The Kier molecular flexibility index (Phi) is 9.88. The molecule has 44 heavy (non-hydrogen) atoms. The average Bonchev–Trinajstić information content (AvgIpc) is 3.21. The van der Waals surface area contributed by atoms with Gasteiger partial charge in [-0.25, -0.2) is 0 Å². The molecule has 1 aliphatic heterocycles. The molecule has 1 aliphatic rings. The maximum Gasteiger partial charge on any atom is 0.416 e. The van der Waals surface area contributed by atoms with Crippen LogP contribution in [0.1, 0.15) is 48.9 Å². The van der Waals surface area contributed by atoms with Gasteiger partial charge in [0.15, 0.2) is 11.5 Å². The first-order valence-electron chi connectivity index (χ1n) is 13.6. The predicted octanol–water partition coefficient (Wildman–Crippen LogP) is 8.35. The quantitative estimate of drug-likeness (QED) is 0.118. The summed E-state index contributed by atoms with van der Waals surface area (Å²) in [6, 6.07) is 12.3. The smallest absolute Gasteiger partial charge is 0.416 e. The number of aryl methyl sites for hydroxylation is 1. The Morgan fingerprint density at radius 2 is 1.70 bits per heavy atom. The van der Waals surface area contributed by atoms with E-state index < -0.39 is 39.2 Å². The number of halogens is 3. The maximum absolute atomic E-state index is 13.1. The Hall–Kier alpha value is -4.52. The van der Waals surface area contributed by atoms with Crippen LogP contribution >= 0.6 is 11.8 Å². The third kappa shape index (κ3) is 7.51. The molecule has 13 heteroatoms. The van der Waals surface area contributed by atoms with E-state index in [2.05, 4.69) is 0 Å². The number of rotatable bonds is 11. The molecule has 9 nitrogen and oxygen atoms in total. The number of alkyl halides is 3. The molecular weight excluding hydrogens is 601 g/mol. The molecule has 2 amide bonds. The summed E-state index contributed by atoms with van der Waals surface area (Å²) >= 11 is 0.772. The lowest BCUT2D eigenvalue weighted by molar-refractivity contribution is -0.385. The zero-order chi connectivity index (χ0) is 32.2. The number of amides is 2. The molecule has 1 heterocycles. The average molecular weight is 631 g/mol. The number of hydrogen-bond donors (Lipinski definition) is 0. The van der Waals surface area contributed by atoms with Crippen LogP contribution in [0.15, 0.2) is 59.5 Å². The second-order valence-electron chi connectivity index (χ2n) is 10.1. The van der Waals surface area contributed by atoms with Crippen molar-refractivity contribution in [2.24, 2.45) is 0 Å². The molecule has 0 spiro atoms. The van der Waals surface area contributed by atoms with Crippen LogP contribution < -0.4 is 14.2 Å². The highest BCUT2D eigenvalue weighted by Crippen LogP contribution is 2.41. The number of nitrogens with zero attached hydrogens (tertiary/aromatic N) is 2. The Bertz CT molecular complexity index is 1620. The molecule has 0 aliphatic carbocycles. The lowest BCUT2D eigenvalue weighted by Gasteiger charge is -2.17. The number of nitro groups is 1. The van der Waals surface area contributed by atoms with Crippen LogP contribution in [0.2, 0.25) is 0 Å². The van der Waals surface area contributed by atoms with Crippen LogP contribution in [-0.2, 0) is 11.0 Å². The highest BCUT2D eigenvalue weighted by molar-refractivity contribution is 8.18.